The molecule has 4 aromatic carbocycles. The Morgan fingerprint density at radius 1 is 0.688 bits per heavy atom. The summed E-state index contributed by atoms with van der Waals surface area (Å²) in [6.45, 7) is 0. The first-order valence-electron chi connectivity index (χ1n) is 10.2. The minimum absolute atomic E-state index is 0.178. The van der Waals surface area contributed by atoms with Gasteiger partial charge in [0.25, 0.3) is 5.91 Å². The number of rotatable bonds is 5. The van der Waals surface area contributed by atoms with Crippen LogP contribution in [-0.4, -0.2) is 13.0 Å². The first-order valence-corrected chi connectivity index (χ1v) is 10.2. The van der Waals surface area contributed by atoms with Crippen molar-refractivity contribution in [2.45, 2.75) is 0 Å². The van der Waals surface area contributed by atoms with E-state index in [1.54, 1.807) is 24.3 Å². The first kappa shape index (κ1) is 20.8. The molecule has 0 radical (unpaired) electrons. The molecular weight excluding hydrogens is 396 g/mol. The quantitative estimate of drug-likeness (QED) is 0.381. The fourth-order valence-electron chi connectivity index (χ4n) is 3.07. The van der Waals surface area contributed by atoms with Crippen LogP contribution in [0.15, 0.2) is 103 Å². The number of carbonyl (C=O) groups is 1. The van der Waals surface area contributed by atoms with Gasteiger partial charge in [-0.2, -0.15) is 0 Å². The summed E-state index contributed by atoms with van der Waals surface area (Å²) < 4.78 is 5.95. The highest BCUT2D eigenvalue weighted by Crippen LogP contribution is 2.23. The van der Waals surface area contributed by atoms with Crippen molar-refractivity contribution in [3.8, 4) is 23.3 Å². The van der Waals surface area contributed by atoms with E-state index >= 15 is 0 Å². The molecular formula is C28H22N2O2. The highest BCUT2D eigenvalue weighted by Gasteiger charge is 2.07. The van der Waals surface area contributed by atoms with Crippen molar-refractivity contribution in [1.82, 2.24) is 0 Å². The fourth-order valence-corrected chi connectivity index (χ4v) is 3.07. The van der Waals surface area contributed by atoms with Crippen molar-refractivity contribution in [2.75, 3.05) is 17.7 Å². The highest BCUT2D eigenvalue weighted by atomic mass is 16.5. The van der Waals surface area contributed by atoms with Crippen molar-refractivity contribution in [3.05, 3.63) is 120 Å². The van der Waals surface area contributed by atoms with Crippen molar-refractivity contribution in [3.63, 3.8) is 0 Å². The van der Waals surface area contributed by atoms with E-state index in [9.17, 15) is 4.79 Å². The Kier molecular flexibility index (Phi) is 6.50. The Morgan fingerprint density at radius 2 is 1.38 bits per heavy atom. The summed E-state index contributed by atoms with van der Waals surface area (Å²) in [5.41, 5.74) is 4.05. The van der Waals surface area contributed by atoms with Gasteiger partial charge in [-0.25, -0.2) is 0 Å². The molecule has 4 heteroatoms. The van der Waals surface area contributed by atoms with Crippen molar-refractivity contribution in [2.24, 2.45) is 0 Å². The molecule has 32 heavy (non-hydrogen) atoms. The fraction of sp³-hybridized carbons (Fsp3) is 0.0357. The molecule has 4 nitrogen and oxygen atoms in total. The normalized spacial score (nSPS) is 9.91. The van der Waals surface area contributed by atoms with Crippen LogP contribution in [0.1, 0.15) is 21.5 Å². The summed E-state index contributed by atoms with van der Waals surface area (Å²) >= 11 is 0. The zero-order valence-corrected chi connectivity index (χ0v) is 17.6. The topological polar surface area (TPSA) is 50.4 Å². The number of hydrogen-bond acceptors (Lipinski definition) is 3. The predicted molar refractivity (Wildman–Crippen MR) is 129 cm³/mol. The molecule has 0 atom stereocenters. The number of nitrogens with one attached hydrogen (secondary N) is 2. The van der Waals surface area contributed by atoms with Crippen molar-refractivity contribution >= 4 is 17.3 Å². The van der Waals surface area contributed by atoms with Crippen LogP contribution in [0, 0.1) is 11.8 Å². The van der Waals surface area contributed by atoms with Crippen LogP contribution in [0.2, 0.25) is 0 Å². The van der Waals surface area contributed by atoms with Gasteiger partial charge in [0.05, 0.1) is 0 Å². The van der Waals surface area contributed by atoms with E-state index in [0.29, 0.717) is 17.1 Å². The summed E-state index contributed by atoms with van der Waals surface area (Å²) in [6.07, 6.45) is 0. The molecule has 0 bridgehead atoms. The maximum atomic E-state index is 12.5. The van der Waals surface area contributed by atoms with Gasteiger partial charge in [0.1, 0.15) is 11.5 Å². The van der Waals surface area contributed by atoms with Crippen LogP contribution >= 0.6 is 0 Å². The number of benzene rings is 4. The van der Waals surface area contributed by atoms with Crippen LogP contribution in [0.25, 0.3) is 0 Å². The van der Waals surface area contributed by atoms with Gasteiger partial charge in [0.15, 0.2) is 0 Å². The number of carbonyl (C=O) groups excluding carboxylic acids is 1. The molecule has 0 spiro atoms. The van der Waals surface area contributed by atoms with Gasteiger partial charge >= 0.3 is 0 Å². The number of ether oxygens (including phenoxy) is 1. The minimum Gasteiger partial charge on any atom is -0.457 e. The van der Waals surface area contributed by atoms with E-state index in [1.807, 2.05) is 85.9 Å². The molecule has 0 saturated carbocycles. The Bertz CT molecular complexity index is 1270. The minimum atomic E-state index is -0.178. The summed E-state index contributed by atoms with van der Waals surface area (Å²) in [5, 5.41) is 5.96. The summed E-state index contributed by atoms with van der Waals surface area (Å²) in [4.78, 5) is 12.5. The molecule has 0 aliphatic rings. The average Bonchev–Trinajstić information content (AvgIpc) is 2.84. The van der Waals surface area contributed by atoms with Gasteiger partial charge in [-0.3, -0.25) is 4.79 Å². The van der Waals surface area contributed by atoms with E-state index in [-0.39, 0.29) is 5.91 Å². The van der Waals surface area contributed by atoms with E-state index in [1.165, 1.54) is 0 Å². The molecule has 0 unspecified atom stereocenters. The lowest BCUT2D eigenvalue weighted by Crippen LogP contribution is -2.11. The van der Waals surface area contributed by atoms with Gasteiger partial charge in [0.2, 0.25) is 0 Å². The van der Waals surface area contributed by atoms with Gasteiger partial charge < -0.3 is 15.4 Å². The zero-order valence-electron chi connectivity index (χ0n) is 17.6. The van der Waals surface area contributed by atoms with Gasteiger partial charge in [-0.1, -0.05) is 42.2 Å². The smallest absolute Gasteiger partial charge is 0.255 e. The Hall–Kier alpha value is -4.49. The third kappa shape index (κ3) is 5.56. The first-order chi connectivity index (χ1) is 15.7. The van der Waals surface area contributed by atoms with Crippen LogP contribution in [-0.2, 0) is 0 Å². The monoisotopic (exact) mass is 418 g/mol. The molecule has 0 aromatic heterocycles. The van der Waals surface area contributed by atoms with Crippen molar-refractivity contribution < 1.29 is 9.53 Å². The van der Waals surface area contributed by atoms with E-state index < -0.39 is 0 Å². The van der Waals surface area contributed by atoms with E-state index in [4.69, 9.17) is 4.74 Å². The lowest BCUT2D eigenvalue weighted by molar-refractivity contribution is 0.102. The molecule has 2 N–H and O–H groups in total. The summed E-state index contributed by atoms with van der Waals surface area (Å²) in [6, 6.07) is 32.1. The lowest BCUT2D eigenvalue weighted by atomic mass is 10.1. The second kappa shape index (κ2) is 10.0. The Morgan fingerprint density at radius 3 is 2.16 bits per heavy atom. The molecule has 0 aliphatic heterocycles. The van der Waals surface area contributed by atoms with E-state index in [2.05, 4.69) is 22.5 Å². The maximum Gasteiger partial charge on any atom is 0.255 e. The van der Waals surface area contributed by atoms with Crippen LogP contribution in [0.4, 0.5) is 11.4 Å². The van der Waals surface area contributed by atoms with Crippen LogP contribution in [0.3, 0.4) is 0 Å². The van der Waals surface area contributed by atoms with Crippen LogP contribution < -0.4 is 15.4 Å². The Labute approximate surface area is 187 Å². The molecule has 4 aromatic rings. The molecule has 0 saturated heterocycles. The molecule has 0 fully saturated rings. The third-order valence-corrected chi connectivity index (χ3v) is 4.72. The molecule has 4 rings (SSSR count). The lowest BCUT2D eigenvalue weighted by Gasteiger charge is -2.09. The second-order valence-electron chi connectivity index (χ2n) is 7.06. The van der Waals surface area contributed by atoms with Crippen LogP contribution in [0.5, 0.6) is 11.5 Å². The molecule has 156 valence electrons. The number of anilines is 2. The summed E-state index contributed by atoms with van der Waals surface area (Å²) in [5.74, 6) is 7.45. The maximum absolute atomic E-state index is 12.5. The largest absolute Gasteiger partial charge is 0.457 e. The van der Waals surface area contributed by atoms with Crippen molar-refractivity contribution in [1.29, 1.82) is 0 Å². The Balaban J connectivity index is 1.41. The predicted octanol–water partition coefficient (Wildman–Crippen LogP) is 6.17. The second-order valence-corrected chi connectivity index (χ2v) is 7.06. The summed E-state index contributed by atoms with van der Waals surface area (Å²) in [7, 11) is 1.84. The zero-order chi connectivity index (χ0) is 22.2. The molecule has 0 heterocycles. The third-order valence-electron chi connectivity index (χ3n) is 4.72. The number of hydrogen-bond donors (Lipinski definition) is 2. The molecule has 0 aliphatic carbocycles. The number of amides is 1. The molecule has 1 amide bonds. The van der Waals surface area contributed by atoms with E-state index in [0.717, 1.165) is 22.5 Å². The van der Waals surface area contributed by atoms with Gasteiger partial charge in [-0.15, -0.1) is 0 Å². The standard InChI is InChI=1S/C28H22N2O2/c1-29-24-10-6-11-25(20-24)30-28(31)23-15-17-26(18-16-23)32-27-12-5-9-22(19-27)14-13-21-7-3-2-4-8-21/h2-12,15-20,29H,1H3,(H,30,31). The van der Waals surface area contributed by atoms with Gasteiger partial charge in [0, 0.05) is 35.1 Å². The highest BCUT2D eigenvalue weighted by molar-refractivity contribution is 6.04. The van der Waals surface area contributed by atoms with Gasteiger partial charge in [-0.05, 0) is 72.8 Å². The average molecular weight is 418 g/mol. The SMILES string of the molecule is CNc1cccc(NC(=O)c2ccc(Oc3cccc(C#Cc4ccccc4)c3)cc2)c1.